The third kappa shape index (κ3) is 4.59. The van der Waals surface area contributed by atoms with E-state index < -0.39 is 4.92 Å². The van der Waals surface area contributed by atoms with Crippen molar-refractivity contribution < 1.29 is 14.2 Å². The summed E-state index contributed by atoms with van der Waals surface area (Å²) in [7, 11) is 0. The molecule has 0 spiro atoms. The molecular weight excluding hydrogens is 478 g/mol. The van der Waals surface area contributed by atoms with Crippen molar-refractivity contribution in [1.29, 1.82) is 0 Å². The molecule has 2 aromatic carbocycles. The number of aromatic nitrogens is 2. The van der Waals surface area contributed by atoms with Gasteiger partial charge in [-0.1, -0.05) is 41.6 Å². The summed E-state index contributed by atoms with van der Waals surface area (Å²) in [5.74, 6) is 0.987. The van der Waals surface area contributed by atoms with Crippen molar-refractivity contribution in [3.05, 3.63) is 80.4 Å². The minimum Gasteiger partial charge on any atom is -0.360 e. The van der Waals surface area contributed by atoms with Crippen LogP contribution in [0.1, 0.15) is 35.1 Å². The fraction of sp³-hybridized carbons (Fsp3) is 0.269. The number of nitrogens with zero attached hydrogens (tertiary/aromatic N) is 4. The fourth-order valence-corrected chi connectivity index (χ4v) is 5.52. The van der Waals surface area contributed by atoms with E-state index in [1.165, 1.54) is 6.07 Å². The highest BCUT2D eigenvalue weighted by Crippen LogP contribution is 2.38. The van der Waals surface area contributed by atoms with Crippen LogP contribution in [0.25, 0.3) is 22.5 Å². The molecule has 0 unspecified atom stereocenters. The summed E-state index contributed by atoms with van der Waals surface area (Å²) in [6.45, 7) is 4.70. The van der Waals surface area contributed by atoms with Gasteiger partial charge in [-0.05, 0) is 32.8 Å². The molecule has 0 saturated carbocycles. The smallest absolute Gasteiger partial charge is 0.321 e. The average molecular weight is 504 g/mol. The molecule has 10 heteroatoms. The normalized spacial score (nSPS) is 14.1. The Kier molecular flexibility index (Phi) is 6.51. The number of rotatable bonds is 5. The Balaban J connectivity index is 1.25. The average Bonchev–Trinajstić information content (AvgIpc) is 3.52. The lowest BCUT2D eigenvalue weighted by Gasteiger charge is -2.31. The minimum absolute atomic E-state index is 0.00966. The first-order valence-electron chi connectivity index (χ1n) is 11.7. The van der Waals surface area contributed by atoms with E-state index >= 15 is 0 Å². The molecule has 0 atom stereocenters. The van der Waals surface area contributed by atoms with Gasteiger partial charge in [-0.2, -0.15) is 0 Å². The Morgan fingerprint density at radius 3 is 2.61 bits per heavy atom. The van der Waals surface area contributed by atoms with Crippen LogP contribution in [-0.4, -0.2) is 39.1 Å². The summed E-state index contributed by atoms with van der Waals surface area (Å²) in [5.41, 5.74) is 4.43. The Hall–Kier alpha value is -4.05. The molecule has 2 amide bonds. The summed E-state index contributed by atoms with van der Waals surface area (Å²) in [5, 5.41) is 21.4. The number of nitro groups is 1. The first kappa shape index (κ1) is 23.7. The zero-order chi connectivity index (χ0) is 25.2. The van der Waals surface area contributed by atoms with Crippen molar-refractivity contribution in [3.63, 3.8) is 0 Å². The molecule has 9 nitrogen and oxygen atoms in total. The summed E-state index contributed by atoms with van der Waals surface area (Å²) in [6, 6.07) is 14.4. The van der Waals surface area contributed by atoms with Crippen LogP contribution in [0.3, 0.4) is 0 Å². The van der Waals surface area contributed by atoms with Gasteiger partial charge in [-0.25, -0.2) is 9.78 Å². The van der Waals surface area contributed by atoms with E-state index in [4.69, 9.17) is 9.51 Å². The third-order valence-electron chi connectivity index (χ3n) is 6.56. The highest BCUT2D eigenvalue weighted by molar-refractivity contribution is 7.10. The van der Waals surface area contributed by atoms with Crippen LogP contribution in [0, 0.1) is 24.0 Å². The minimum atomic E-state index is -0.442. The van der Waals surface area contributed by atoms with Gasteiger partial charge in [0.25, 0.3) is 5.69 Å². The predicted molar refractivity (Wildman–Crippen MR) is 138 cm³/mol. The van der Waals surface area contributed by atoms with Gasteiger partial charge in [-0.3, -0.25) is 10.1 Å². The van der Waals surface area contributed by atoms with Crippen LogP contribution in [-0.2, 0) is 0 Å². The summed E-state index contributed by atoms with van der Waals surface area (Å²) in [6.07, 6.45) is 1.59. The standard InChI is InChI=1S/C26H25N5O4S/c1-16-20(9-6-10-22(16)31(33)34)28-26(32)30-13-11-19(12-14-30)25-27-21(15-36-25)23-17(2)35-29-24(23)18-7-4-3-5-8-18/h3-10,15,19H,11-14H2,1-2H3,(H,28,32). The summed E-state index contributed by atoms with van der Waals surface area (Å²) >= 11 is 1.62. The van der Waals surface area contributed by atoms with Crippen LogP contribution < -0.4 is 5.32 Å². The lowest BCUT2D eigenvalue weighted by Crippen LogP contribution is -2.40. The molecular formula is C26H25N5O4S. The number of hydrogen-bond acceptors (Lipinski definition) is 7. The third-order valence-corrected chi connectivity index (χ3v) is 7.57. The van der Waals surface area contributed by atoms with Gasteiger partial charge in [0.1, 0.15) is 11.5 Å². The highest BCUT2D eigenvalue weighted by atomic mass is 32.1. The van der Waals surface area contributed by atoms with Crippen molar-refractivity contribution >= 4 is 28.7 Å². The number of carbonyl (C=O) groups excluding carboxylic acids is 1. The van der Waals surface area contributed by atoms with Gasteiger partial charge < -0.3 is 14.7 Å². The molecule has 1 aliphatic heterocycles. The topological polar surface area (TPSA) is 114 Å². The first-order valence-corrected chi connectivity index (χ1v) is 12.6. The molecule has 1 fully saturated rings. The maximum atomic E-state index is 12.8. The van der Waals surface area contributed by atoms with Crippen molar-refractivity contribution in [2.24, 2.45) is 0 Å². The molecule has 0 bridgehead atoms. The van der Waals surface area contributed by atoms with Crippen LogP contribution in [0.2, 0.25) is 0 Å². The molecule has 36 heavy (non-hydrogen) atoms. The van der Waals surface area contributed by atoms with Gasteiger partial charge in [0, 0.05) is 36.0 Å². The van der Waals surface area contributed by atoms with E-state index in [-0.39, 0.29) is 17.6 Å². The van der Waals surface area contributed by atoms with Gasteiger partial charge >= 0.3 is 6.03 Å². The SMILES string of the molecule is Cc1onc(-c2ccccc2)c1-c1csc(C2CCN(C(=O)Nc3cccc([N+](=O)[O-])c3C)CC2)n1. The molecule has 0 aliphatic carbocycles. The zero-order valence-corrected chi connectivity index (χ0v) is 20.7. The van der Waals surface area contributed by atoms with E-state index in [0.29, 0.717) is 24.3 Å². The number of thiazole rings is 1. The number of nitrogens with one attached hydrogen (secondary N) is 1. The van der Waals surface area contributed by atoms with E-state index in [0.717, 1.165) is 46.1 Å². The Morgan fingerprint density at radius 2 is 1.89 bits per heavy atom. The largest absolute Gasteiger partial charge is 0.360 e. The molecule has 1 saturated heterocycles. The zero-order valence-electron chi connectivity index (χ0n) is 19.9. The Morgan fingerprint density at radius 1 is 1.14 bits per heavy atom. The van der Waals surface area contributed by atoms with Gasteiger partial charge in [0.05, 0.1) is 32.4 Å². The van der Waals surface area contributed by atoms with Crippen molar-refractivity contribution in [2.75, 3.05) is 18.4 Å². The van der Waals surface area contributed by atoms with Crippen LogP contribution >= 0.6 is 11.3 Å². The number of likely N-dealkylation sites (tertiary alicyclic amines) is 1. The van der Waals surface area contributed by atoms with Gasteiger partial charge in [0.2, 0.25) is 0 Å². The van der Waals surface area contributed by atoms with Gasteiger partial charge in [0.15, 0.2) is 0 Å². The number of nitro benzene ring substituents is 1. The van der Waals surface area contributed by atoms with E-state index in [9.17, 15) is 14.9 Å². The number of urea groups is 1. The Bertz CT molecular complexity index is 1410. The van der Waals surface area contributed by atoms with Crippen molar-refractivity contribution in [2.45, 2.75) is 32.6 Å². The van der Waals surface area contributed by atoms with Crippen molar-refractivity contribution in [3.8, 4) is 22.5 Å². The quantitative estimate of drug-likeness (QED) is 0.249. The van der Waals surface area contributed by atoms with Crippen molar-refractivity contribution in [1.82, 2.24) is 15.0 Å². The van der Waals surface area contributed by atoms with Crippen LogP contribution in [0.15, 0.2) is 58.4 Å². The summed E-state index contributed by atoms with van der Waals surface area (Å²) < 4.78 is 5.50. The number of benzene rings is 2. The second-order valence-electron chi connectivity index (χ2n) is 8.80. The first-order chi connectivity index (χ1) is 17.4. The number of piperidine rings is 1. The molecule has 3 heterocycles. The molecule has 1 aliphatic rings. The second-order valence-corrected chi connectivity index (χ2v) is 9.69. The van der Waals surface area contributed by atoms with Crippen LogP contribution in [0.4, 0.5) is 16.2 Å². The number of hydrogen-bond donors (Lipinski definition) is 1. The maximum absolute atomic E-state index is 12.8. The highest BCUT2D eigenvalue weighted by Gasteiger charge is 2.28. The number of anilines is 1. The molecule has 2 aromatic heterocycles. The number of aryl methyl sites for hydroxylation is 1. The number of amides is 2. The predicted octanol–water partition coefficient (Wildman–Crippen LogP) is 6.40. The van der Waals surface area contributed by atoms with E-state index in [2.05, 4.69) is 10.5 Å². The maximum Gasteiger partial charge on any atom is 0.321 e. The Labute approximate surface area is 211 Å². The summed E-state index contributed by atoms with van der Waals surface area (Å²) in [4.78, 5) is 30.3. The monoisotopic (exact) mass is 503 g/mol. The lowest BCUT2D eigenvalue weighted by molar-refractivity contribution is -0.385. The lowest BCUT2D eigenvalue weighted by atomic mass is 9.97. The fourth-order valence-electron chi connectivity index (χ4n) is 4.54. The molecule has 184 valence electrons. The van der Waals surface area contributed by atoms with Gasteiger partial charge in [-0.15, -0.1) is 11.3 Å². The molecule has 4 aromatic rings. The second kappa shape index (κ2) is 9.90. The number of carbonyl (C=O) groups is 1. The van der Waals surface area contributed by atoms with Crippen LogP contribution in [0.5, 0.6) is 0 Å². The van der Waals surface area contributed by atoms with E-state index in [1.807, 2.05) is 42.6 Å². The molecule has 1 N–H and O–H groups in total. The molecule has 5 rings (SSSR count). The molecule has 0 radical (unpaired) electrons. The van der Waals surface area contributed by atoms with E-state index in [1.54, 1.807) is 35.3 Å².